The molecule has 1 saturated heterocycles. The summed E-state index contributed by atoms with van der Waals surface area (Å²) in [6.45, 7) is 2.81. The van der Waals surface area contributed by atoms with Crippen LogP contribution in [0.1, 0.15) is 12.0 Å². The van der Waals surface area contributed by atoms with E-state index in [0.717, 1.165) is 36.1 Å². The SMILES string of the molecule is CN1CCCN(C)C(C(=O)Cc2ccc(Br)cc2Cl)C1. The van der Waals surface area contributed by atoms with Crippen LogP contribution in [0.2, 0.25) is 5.02 Å². The molecule has 1 aromatic carbocycles. The molecule has 110 valence electrons. The highest BCUT2D eigenvalue weighted by atomic mass is 79.9. The van der Waals surface area contributed by atoms with Gasteiger partial charge in [-0.3, -0.25) is 9.69 Å². The number of rotatable bonds is 3. The summed E-state index contributed by atoms with van der Waals surface area (Å²) in [6.07, 6.45) is 1.50. The minimum absolute atomic E-state index is 0.0396. The van der Waals surface area contributed by atoms with E-state index in [1.807, 2.05) is 25.2 Å². The Labute approximate surface area is 134 Å². The summed E-state index contributed by atoms with van der Waals surface area (Å²) in [6, 6.07) is 5.65. The Morgan fingerprint density at radius 1 is 1.40 bits per heavy atom. The fourth-order valence-electron chi connectivity index (χ4n) is 2.59. The average Bonchev–Trinajstić information content (AvgIpc) is 2.54. The second-order valence-electron chi connectivity index (χ2n) is 5.49. The van der Waals surface area contributed by atoms with E-state index in [1.165, 1.54) is 0 Å². The third-order valence-electron chi connectivity index (χ3n) is 3.82. The summed E-state index contributed by atoms with van der Waals surface area (Å²) in [4.78, 5) is 17.0. The van der Waals surface area contributed by atoms with E-state index in [4.69, 9.17) is 11.6 Å². The van der Waals surface area contributed by atoms with Crippen molar-refractivity contribution in [2.75, 3.05) is 33.7 Å². The molecular weight excluding hydrogens is 340 g/mol. The maximum Gasteiger partial charge on any atom is 0.155 e. The van der Waals surface area contributed by atoms with Crippen LogP contribution in [-0.2, 0) is 11.2 Å². The molecule has 0 N–H and O–H groups in total. The van der Waals surface area contributed by atoms with Crippen molar-refractivity contribution < 1.29 is 4.79 Å². The molecule has 5 heteroatoms. The van der Waals surface area contributed by atoms with E-state index in [9.17, 15) is 4.79 Å². The molecule has 3 nitrogen and oxygen atoms in total. The topological polar surface area (TPSA) is 23.6 Å². The predicted molar refractivity (Wildman–Crippen MR) is 86.4 cm³/mol. The molecule has 1 unspecified atom stereocenters. The zero-order valence-corrected chi connectivity index (χ0v) is 14.2. The molecular formula is C15H20BrClN2O. The van der Waals surface area contributed by atoms with Gasteiger partial charge in [-0.15, -0.1) is 0 Å². The van der Waals surface area contributed by atoms with Crippen molar-refractivity contribution in [3.63, 3.8) is 0 Å². The minimum Gasteiger partial charge on any atom is -0.304 e. The number of benzene rings is 1. The zero-order valence-electron chi connectivity index (χ0n) is 11.9. The third-order valence-corrected chi connectivity index (χ3v) is 4.66. The molecule has 0 saturated carbocycles. The minimum atomic E-state index is -0.0396. The van der Waals surface area contributed by atoms with Crippen LogP contribution in [0.4, 0.5) is 0 Å². The predicted octanol–water partition coefficient (Wildman–Crippen LogP) is 2.85. The first-order valence-corrected chi connectivity index (χ1v) is 8.00. The van der Waals surface area contributed by atoms with E-state index in [0.29, 0.717) is 11.4 Å². The number of carbonyl (C=O) groups excluding carboxylic acids is 1. The first-order valence-electron chi connectivity index (χ1n) is 6.83. The van der Waals surface area contributed by atoms with Gasteiger partial charge < -0.3 is 4.90 Å². The molecule has 1 heterocycles. The van der Waals surface area contributed by atoms with E-state index in [1.54, 1.807) is 0 Å². The van der Waals surface area contributed by atoms with Crippen molar-refractivity contribution in [1.29, 1.82) is 0 Å². The lowest BCUT2D eigenvalue weighted by Gasteiger charge is -2.26. The summed E-state index contributed by atoms with van der Waals surface area (Å²) >= 11 is 9.59. The average molecular weight is 360 g/mol. The normalized spacial score (nSPS) is 21.7. The Morgan fingerprint density at radius 3 is 2.85 bits per heavy atom. The number of likely N-dealkylation sites (N-methyl/N-ethyl adjacent to an activating group) is 2. The van der Waals surface area contributed by atoms with E-state index in [-0.39, 0.29) is 11.8 Å². The van der Waals surface area contributed by atoms with Crippen molar-refractivity contribution in [3.8, 4) is 0 Å². The van der Waals surface area contributed by atoms with Gasteiger partial charge in [-0.1, -0.05) is 33.6 Å². The summed E-state index contributed by atoms with van der Waals surface area (Å²) < 4.78 is 0.935. The number of hydrogen-bond acceptors (Lipinski definition) is 3. The number of carbonyl (C=O) groups is 1. The molecule has 1 atom stereocenters. The maximum atomic E-state index is 12.6. The largest absolute Gasteiger partial charge is 0.304 e. The van der Waals surface area contributed by atoms with Gasteiger partial charge in [-0.25, -0.2) is 0 Å². The summed E-state index contributed by atoms with van der Waals surface area (Å²) in [5, 5.41) is 0.650. The standard InChI is InChI=1S/C15H20BrClN2O/c1-18-6-3-7-19(2)14(10-18)15(20)8-11-4-5-12(16)9-13(11)17/h4-5,9,14H,3,6-8,10H2,1-2H3. The highest BCUT2D eigenvalue weighted by Crippen LogP contribution is 2.22. The van der Waals surface area contributed by atoms with Crippen LogP contribution in [-0.4, -0.2) is 55.4 Å². The second kappa shape index (κ2) is 7.03. The van der Waals surface area contributed by atoms with Gasteiger partial charge in [0, 0.05) is 22.5 Å². The van der Waals surface area contributed by atoms with Crippen molar-refractivity contribution in [2.24, 2.45) is 0 Å². The monoisotopic (exact) mass is 358 g/mol. The molecule has 20 heavy (non-hydrogen) atoms. The van der Waals surface area contributed by atoms with Crippen LogP contribution in [0.5, 0.6) is 0 Å². The van der Waals surface area contributed by atoms with Crippen molar-refractivity contribution >= 4 is 33.3 Å². The molecule has 0 bridgehead atoms. The van der Waals surface area contributed by atoms with Crippen LogP contribution in [0, 0.1) is 0 Å². The van der Waals surface area contributed by atoms with Crippen molar-refractivity contribution in [1.82, 2.24) is 9.80 Å². The van der Waals surface area contributed by atoms with Gasteiger partial charge in [0.2, 0.25) is 0 Å². The van der Waals surface area contributed by atoms with Crippen LogP contribution in [0.15, 0.2) is 22.7 Å². The van der Waals surface area contributed by atoms with Crippen molar-refractivity contribution in [2.45, 2.75) is 18.9 Å². The highest BCUT2D eigenvalue weighted by Gasteiger charge is 2.27. The molecule has 0 radical (unpaired) electrons. The smallest absolute Gasteiger partial charge is 0.155 e. The lowest BCUT2D eigenvalue weighted by atomic mass is 10.0. The van der Waals surface area contributed by atoms with Gasteiger partial charge in [-0.2, -0.15) is 0 Å². The maximum absolute atomic E-state index is 12.6. The number of ketones is 1. The first kappa shape index (κ1) is 16.0. The van der Waals surface area contributed by atoms with E-state index in [2.05, 4.69) is 32.8 Å². The summed E-state index contributed by atoms with van der Waals surface area (Å²) in [7, 11) is 4.11. The first-order chi connectivity index (χ1) is 9.47. The zero-order chi connectivity index (χ0) is 14.7. The molecule has 1 fully saturated rings. The Balaban J connectivity index is 2.09. The number of nitrogens with zero attached hydrogens (tertiary/aromatic N) is 2. The van der Waals surface area contributed by atoms with Crippen LogP contribution in [0.25, 0.3) is 0 Å². The molecule has 1 aliphatic rings. The molecule has 0 amide bonds. The van der Waals surface area contributed by atoms with Crippen LogP contribution >= 0.6 is 27.5 Å². The quantitative estimate of drug-likeness (QED) is 0.829. The Hall–Kier alpha value is -0.420. The van der Waals surface area contributed by atoms with Crippen molar-refractivity contribution in [3.05, 3.63) is 33.3 Å². The molecule has 1 aromatic rings. The Bertz CT molecular complexity index is 495. The van der Waals surface area contributed by atoms with Crippen LogP contribution in [0.3, 0.4) is 0 Å². The Morgan fingerprint density at radius 2 is 2.15 bits per heavy atom. The molecule has 1 aliphatic heterocycles. The molecule has 2 rings (SSSR count). The van der Waals surface area contributed by atoms with Gasteiger partial charge in [0.05, 0.1) is 6.04 Å². The van der Waals surface area contributed by atoms with Gasteiger partial charge in [-0.05, 0) is 51.3 Å². The van der Waals surface area contributed by atoms with Crippen LogP contribution < -0.4 is 0 Å². The number of halogens is 2. The van der Waals surface area contributed by atoms with Gasteiger partial charge in [0.15, 0.2) is 5.78 Å². The lowest BCUT2D eigenvalue weighted by molar-refractivity contribution is -0.123. The van der Waals surface area contributed by atoms with Gasteiger partial charge >= 0.3 is 0 Å². The molecule has 0 aromatic heterocycles. The molecule has 0 spiro atoms. The Kier molecular flexibility index (Phi) is 5.61. The van der Waals surface area contributed by atoms with Gasteiger partial charge in [0.25, 0.3) is 0 Å². The summed E-state index contributed by atoms with van der Waals surface area (Å²) in [5.74, 6) is 0.241. The van der Waals surface area contributed by atoms with E-state index >= 15 is 0 Å². The van der Waals surface area contributed by atoms with Gasteiger partial charge in [0.1, 0.15) is 0 Å². The highest BCUT2D eigenvalue weighted by molar-refractivity contribution is 9.10. The number of hydrogen-bond donors (Lipinski definition) is 0. The van der Waals surface area contributed by atoms with E-state index < -0.39 is 0 Å². The molecule has 0 aliphatic carbocycles. The second-order valence-corrected chi connectivity index (χ2v) is 6.81. The lowest BCUT2D eigenvalue weighted by Crippen LogP contribution is -2.44. The summed E-state index contributed by atoms with van der Waals surface area (Å²) in [5.41, 5.74) is 0.903. The fourth-order valence-corrected chi connectivity index (χ4v) is 3.33. The fraction of sp³-hybridized carbons (Fsp3) is 0.533. The number of Topliss-reactive ketones (excluding diaryl/α,β-unsaturated/α-hetero) is 1. The third kappa shape index (κ3) is 4.04.